The quantitative estimate of drug-likeness (QED) is 0.690. The fraction of sp³-hybridized carbons (Fsp3) is 0.538. The highest BCUT2D eigenvalue weighted by atomic mass is 32.2. The van der Waals surface area contributed by atoms with Crippen LogP contribution in [-0.2, 0) is 26.0 Å². The summed E-state index contributed by atoms with van der Waals surface area (Å²) in [6.07, 6.45) is 0. The number of methoxy groups -OCH3 is 1. The van der Waals surface area contributed by atoms with Gasteiger partial charge in [-0.2, -0.15) is 0 Å². The molecule has 0 fully saturated rings. The van der Waals surface area contributed by atoms with Gasteiger partial charge in [-0.15, -0.1) is 0 Å². The lowest BCUT2D eigenvalue weighted by atomic mass is 10.1. The standard InChI is InChI=1S/C13H21NO4S/c1-12-5-3-4-6-13(12)11-14-19(15,16)10-9-18-8-7-17-2/h3-6,14H,7-11H2,1-2H3. The van der Waals surface area contributed by atoms with E-state index < -0.39 is 10.0 Å². The average molecular weight is 287 g/mol. The Hall–Kier alpha value is -0.950. The van der Waals surface area contributed by atoms with Gasteiger partial charge in [0, 0.05) is 13.7 Å². The third-order valence-electron chi connectivity index (χ3n) is 2.67. The van der Waals surface area contributed by atoms with Gasteiger partial charge in [-0.1, -0.05) is 24.3 Å². The molecule has 6 heteroatoms. The van der Waals surface area contributed by atoms with Gasteiger partial charge < -0.3 is 9.47 Å². The van der Waals surface area contributed by atoms with Gasteiger partial charge in [0.2, 0.25) is 10.0 Å². The summed E-state index contributed by atoms with van der Waals surface area (Å²) in [5.41, 5.74) is 2.05. The van der Waals surface area contributed by atoms with Crippen molar-refractivity contribution in [2.45, 2.75) is 13.5 Å². The van der Waals surface area contributed by atoms with E-state index in [0.29, 0.717) is 19.8 Å². The molecular formula is C13H21NO4S. The molecule has 1 rings (SSSR count). The summed E-state index contributed by atoms with van der Waals surface area (Å²) in [5.74, 6) is -0.0391. The molecule has 0 radical (unpaired) electrons. The molecule has 1 aromatic rings. The zero-order valence-electron chi connectivity index (χ0n) is 11.4. The van der Waals surface area contributed by atoms with Gasteiger partial charge in [0.05, 0.1) is 25.6 Å². The highest BCUT2D eigenvalue weighted by Gasteiger charge is 2.10. The number of ether oxygens (including phenoxy) is 2. The monoisotopic (exact) mass is 287 g/mol. The largest absolute Gasteiger partial charge is 0.382 e. The van der Waals surface area contributed by atoms with Crippen LogP contribution in [0.15, 0.2) is 24.3 Å². The minimum absolute atomic E-state index is 0.0391. The molecule has 0 saturated heterocycles. The first-order chi connectivity index (χ1) is 9.05. The second-order valence-electron chi connectivity index (χ2n) is 4.17. The lowest BCUT2D eigenvalue weighted by molar-refractivity contribution is 0.0784. The van der Waals surface area contributed by atoms with E-state index in [4.69, 9.17) is 9.47 Å². The Labute approximate surface area is 115 Å². The molecular weight excluding hydrogens is 266 g/mol. The lowest BCUT2D eigenvalue weighted by Gasteiger charge is -2.09. The fourth-order valence-electron chi connectivity index (χ4n) is 1.48. The molecule has 0 atom stereocenters. The molecule has 0 aliphatic carbocycles. The van der Waals surface area contributed by atoms with Crippen LogP contribution in [0.25, 0.3) is 0 Å². The fourth-order valence-corrected chi connectivity index (χ4v) is 2.34. The Balaban J connectivity index is 2.33. The first-order valence-corrected chi connectivity index (χ1v) is 7.79. The topological polar surface area (TPSA) is 64.6 Å². The molecule has 0 bridgehead atoms. The van der Waals surface area contributed by atoms with Crippen LogP contribution in [0.1, 0.15) is 11.1 Å². The Morgan fingerprint density at radius 1 is 1.16 bits per heavy atom. The van der Waals surface area contributed by atoms with Gasteiger partial charge in [0.15, 0.2) is 0 Å². The normalized spacial score (nSPS) is 11.7. The van der Waals surface area contributed by atoms with Crippen LogP contribution in [-0.4, -0.2) is 41.1 Å². The maximum Gasteiger partial charge on any atom is 0.214 e. The first-order valence-electron chi connectivity index (χ1n) is 6.13. The van der Waals surface area contributed by atoms with E-state index in [2.05, 4.69) is 4.72 Å². The van der Waals surface area contributed by atoms with Crippen LogP contribution in [0.4, 0.5) is 0 Å². The second-order valence-corrected chi connectivity index (χ2v) is 6.10. The van der Waals surface area contributed by atoms with Crippen LogP contribution >= 0.6 is 0 Å². The summed E-state index contributed by atoms with van der Waals surface area (Å²) in [4.78, 5) is 0. The van der Waals surface area contributed by atoms with Gasteiger partial charge >= 0.3 is 0 Å². The molecule has 19 heavy (non-hydrogen) atoms. The van der Waals surface area contributed by atoms with Gasteiger partial charge in [-0.05, 0) is 18.1 Å². The van der Waals surface area contributed by atoms with Crippen LogP contribution in [0.3, 0.4) is 0 Å². The highest BCUT2D eigenvalue weighted by Crippen LogP contribution is 2.06. The number of nitrogens with one attached hydrogen (secondary N) is 1. The number of benzene rings is 1. The molecule has 0 aliphatic rings. The van der Waals surface area contributed by atoms with Crippen LogP contribution in [0.2, 0.25) is 0 Å². The van der Waals surface area contributed by atoms with E-state index >= 15 is 0 Å². The number of hydrogen-bond donors (Lipinski definition) is 1. The average Bonchev–Trinajstić information content (AvgIpc) is 2.37. The van der Waals surface area contributed by atoms with Crippen LogP contribution < -0.4 is 4.72 Å². The Kier molecular flexibility index (Phi) is 7.01. The molecule has 1 aromatic carbocycles. The van der Waals surface area contributed by atoms with E-state index in [9.17, 15) is 8.42 Å². The van der Waals surface area contributed by atoms with Crippen LogP contribution in [0, 0.1) is 6.92 Å². The third-order valence-corrected chi connectivity index (χ3v) is 3.96. The number of hydrogen-bond acceptors (Lipinski definition) is 4. The summed E-state index contributed by atoms with van der Waals surface area (Å²) in [7, 11) is -1.73. The Morgan fingerprint density at radius 2 is 1.89 bits per heavy atom. The van der Waals surface area contributed by atoms with Gasteiger partial charge in [0.25, 0.3) is 0 Å². The number of sulfonamides is 1. The lowest BCUT2D eigenvalue weighted by Crippen LogP contribution is -2.28. The molecule has 5 nitrogen and oxygen atoms in total. The van der Waals surface area contributed by atoms with Crippen molar-refractivity contribution in [1.29, 1.82) is 0 Å². The van der Waals surface area contributed by atoms with E-state index in [1.807, 2.05) is 31.2 Å². The van der Waals surface area contributed by atoms with Gasteiger partial charge in [-0.3, -0.25) is 0 Å². The van der Waals surface area contributed by atoms with E-state index in [-0.39, 0.29) is 12.4 Å². The predicted octanol–water partition coefficient (Wildman–Crippen LogP) is 1.08. The minimum atomic E-state index is -3.30. The van der Waals surface area contributed by atoms with Crippen LogP contribution in [0.5, 0.6) is 0 Å². The predicted molar refractivity (Wildman–Crippen MR) is 74.5 cm³/mol. The van der Waals surface area contributed by atoms with Crippen molar-refractivity contribution in [3.05, 3.63) is 35.4 Å². The minimum Gasteiger partial charge on any atom is -0.382 e. The molecule has 0 saturated carbocycles. The zero-order chi connectivity index (χ0) is 14.1. The molecule has 0 amide bonds. The SMILES string of the molecule is COCCOCCS(=O)(=O)NCc1ccccc1C. The zero-order valence-corrected chi connectivity index (χ0v) is 12.2. The summed E-state index contributed by atoms with van der Waals surface area (Å²) in [6, 6.07) is 7.69. The van der Waals surface area contributed by atoms with Crippen molar-refractivity contribution in [1.82, 2.24) is 4.72 Å². The summed E-state index contributed by atoms with van der Waals surface area (Å²) >= 11 is 0. The van der Waals surface area contributed by atoms with E-state index in [1.54, 1.807) is 7.11 Å². The van der Waals surface area contributed by atoms with Gasteiger partial charge in [-0.25, -0.2) is 13.1 Å². The molecule has 0 aliphatic heterocycles. The smallest absolute Gasteiger partial charge is 0.214 e. The van der Waals surface area contributed by atoms with Crippen molar-refractivity contribution in [2.75, 3.05) is 32.7 Å². The maximum atomic E-state index is 11.7. The summed E-state index contributed by atoms with van der Waals surface area (Å²) in [6.45, 7) is 3.32. The number of rotatable bonds is 9. The molecule has 0 heterocycles. The Bertz CT molecular complexity index is 473. The second kappa shape index (κ2) is 8.27. The molecule has 0 spiro atoms. The molecule has 0 aromatic heterocycles. The van der Waals surface area contributed by atoms with Crippen molar-refractivity contribution in [2.24, 2.45) is 0 Å². The molecule has 108 valence electrons. The van der Waals surface area contributed by atoms with Crippen molar-refractivity contribution < 1.29 is 17.9 Å². The van der Waals surface area contributed by atoms with Crippen molar-refractivity contribution in [3.8, 4) is 0 Å². The van der Waals surface area contributed by atoms with Crippen molar-refractivity contribution in [3.63, 3.8) is 0 Å². The van der Waals surface area contributed by atoms with E-state index in [0.717, 1.165) is 11.1 Å². The summed E-state index contributed by atoms with van der Waals surface area (Å²) < 4.78 is 36.0. The Morgan fingerprint density at radius 3 is 2.58 bits per heavy atom. The molecule has 1 N–H and O–H groups in total. The maximum absolute atomic E-state index is 11.7. The third kappa shape index (κ3) is 6.68. The van der Waals surface area contributed by atoms with Gasteiger partial charge in [0.1, 0.15) is 0 Å². The highest BCUT2D eigenvalue weighted by molar-refractivity contribution is 7.89. The first kappa shape index (κ1) is 16.1. The van der Waals surface area contributed by atoms with E-state index in [1.165, 1.54) is 0 Å². The number of aryl methyl sites for hydroxylation is 1. The van der Waals surface area contributed by atoms with Crippen molar-refractivity contribution >= 4 is 10.0 Å². The molecule has 0 unspecified atom stereocenters. The summed E-state index contributed by atoms with van der Waals surface area (Å²) in [5, 5.41) is 0.